The third kappa shape index (κ3) is 4.58. The minimum absolute atomic E-state index is 0.0289. The van der Waals surface area contributed by atoms with E-state index in [1.807, 2.05) is 30.3 Å². The Morgan fingerprint density at radius 3 is 2.60 bits per heavy atom. The Kier molecular flexibility index (Phi) is 6.15. The summed E-state index contributed by atoms with van der Waals surface area (Å²) in [6.07, 6.45) is 3.80. The normalized spacial score (nSPS) is 17.2. The van der Waals surface area contributed by atoms with E-state index in [1.54, 1.807) is 36.4 Å². The van der Waals surface area contributed by atoms with Crippen LogP contribution in [0.25, 0.3) is 6.08 Å². The molecule has 0 saturated heterocycles. The summed E-state index contributed by atoms with van der Waals surface area (Å²) in [7, 11) is 0. The highest BCUT2D eigenvalue weighted by Gasteiger charge is 2.37. The molecule has 2 aliphatic rings. The molecular formula is C26H20N4O4S. The first-order valence-electron chi connectivity index (χ1n) is 10.9. The van der Waals surface area contributed by atoms with E-state index in [-0.39, 0.29) is 23.1 Å². The number of carbonyl (C=O) groups excluding carboxylic acids is 2. The van der Waals surface area contributed by atoms with Gasteiger partial charge < -0.3 is 9.15 Å². The van der Waals surface area contributed by atoms with Gasteiger partial charge in [0.2, 0.25) is 10.9 Å². The highest BCUT2D eigenvalue weighted by Crippen LogP contribution is 2.36. The number of amides is 1. The Hall–Kier alpha value is -4.24. The smallest absolute Gasteiger partial charge is 0.379 e. The average molecular weight is 485 g/mol. The van der Waals surface area contributed by atoms with Crippen LogP contribution in [0, 0.1) is 5.41 Å². The van der Waals surface area contributed by atoms with Crippen molar-refractivity contribution in [2.24, 2.45) is 10.1 Å². The zero-order chi connectivity index (χ0) is 24.4. The van der Waals surface area contributed by atoms with E-state index in [1.165, 1.54) is 29.1 Å². The van der Waals surface area contributed by atoms with Crippen LogP contribution in [0.4, 0.5) is 0 Å². The number of furan rings is 1. The number of esters is 1. The van der Waals surface area contributed by atoms with E-state index in [0.29, 0.717) is 16.5 Å². The Labute approximate surface area is 205 Å². The van der Waals surface area contributed by atoms with Crippen molar-refractivity contribution in [2.75, 3.05) is 0 Å². The first kappa shape index (κ1) is 22.5. The number of carbonyl (C=O) groups is 2. The number of amidine groups is 2. The van der Waals surface area contributed by atoms with Crippen molar-refractivity contribution < 1.29 is 18.7 Å². The van der Waals surface area contributed by atoms with Gasteiger partial charge in [0, 0.05) is 5.92 Å². The summed E-state index contributed by atoms with van der Waals surface area (Å²) in [6.45, 7) is 2.08. The molecule has 0 bridgehead atoms. The topological polar surface area (TPSA) is 108 Å². The van der Waals surface area contributed by atoms with Crippen molar-refractivity contribution >= 4 is 45.8 Å². The summed E-state index contributed by atoms with van der Waals surface area (Å²) in [6, 6.07) is 19.7. The molecule has 0 aliphatic carbocycles. The van der Waals surface area contributed by atoms with Crippen LogP contribution in [-0.4, -0.2) is 32.9 Å². The largest absolute Gasteiger partial charge is 0.457 e. The van der Waals surface area contributed by atoms with E-state index >= 15 is 0 Å². The molecule has 0 spiro atoms. The number of hydrogen-bond acceptors (Lipinski definition) is 7. The van der Waals surface area contributed by atoms with Gasteiger partial charge in [-0.15, -0.1) is 0 Å². The van der Waals surface area contributed by atoms with Crippen LogP contribution < -0.4 is 4.74 Å². The lowest BCUT2D eigenvalue weighted by Gasteiger charge is -2.20. The fraction of sp³-hybridized carbons (Fsp3) is 0.115. The van der Waals surface area contributed by atoms with Gasteiger partial charge >= 0.3 is 5.97 Å². The molecular weight excluding hydrogens is 464 g/mol. The third-order valence-corrected chi connectivity index (χ3v) is 6.52. The van der Waals surface area contributed by atoms with Crippen LogP contribution >= 0.6 is 11.8 Å². The predicted octanol–water partition coefficient (Wildman–Crippen LogP) is 5.31. The minimum atomic E-state index is -0.603. The number of ether oxygens (including phenoxy) is 1. The maximum Gasteiger partial charge on any atom is 0.379 e. The molecule has 1 amide bonds. The van der Waals surface area contributed by atoms with Gasteiger partial charge in [-0.3, -0.25) is 10.2 Å². The molecule has 3 heterocycles. The maximum atomic E-state index is 12.7. The third-order valence-electron chi connectivity index (χ3n) is 5.50. The molecule has 5 rings (SSSR count). The summed E-state index contributed by atoms with van der Waals surface area (Å²) in [5.74, 6) is -0.637. The second-order valence-corrected chi connectivity index (χ2v) is 8.75. The lowest BCUT2D eigenvalue weighted by molar-refractivity contribution is -0.114. The number of hydrogen-bond donors (Lipinski definition) is 1. The van der Waals surface area contributed by atoms with Gasteiger partial charge in [0.1, 0.15) is 10.8 Å². The summed E-state index contributed by atoms with van der Waals surface area (Å²) in [5, 5.41) is 15.9. The maximum absolute atomic E-state index is 12.7. The van der Waals surface area contributed by atoms with Crippen LogP contribution in [0.3, 0.4) is 0 Å². The van der Waals surface area contributed by atoms with Gasteiger partial charge in [-0.25, -0.2) is 4.79 Å². The molecule has 2 aromatic carbocycles. The van der Waals surface area contributed by atoms with Crippen molar-refractivity contribution in [1.29, 1.82) is 5.41 Å². The van der Waals surface area contributed by atoms with Crippen molar-refractivity contribution in [2.45, 2.75) is 19.3 Å². The van der Waals surface area contributed by atoms with Gasteiger partial charge in [-0.2, -0.15) is 15.1 Å². The van der Waals surface area contributed by atoms with Crippen LogP contribution in [0.1, 0.15) is 40.9 Å². The quantitative estimate of drug-likeness (QED) is 0.288. The van der Waals surface area contributed by atoms with E-state index < -0.39 is 11.9 Å². The molecule has 3 aromatic rings. The van der Waals surface area contributed by atoms with Crippen molar-refractivity contribution in [3.63, 3.8) is 0 Å². The number of benzene rings is 2. The van der Waals surface area contributed by atoms with E-state index in [4.69, 9.17) is 14.6 Å². The SMILES string of the molecule is CC[C@@H](C1=NN2C(=N)/C(=C/c3ccc(OC(=O)c4ccco4)cc3)C(=O)N=C2S1)c1ccccc1. The van der Waals surface area contributed by atoms with Crippen LogP contribution in [-0.2, 0) is 4.79 Å². The highest BCUT2D eigenvalue weighted by molar-refractivity contribution is 8.27. The molecule has 2 aliphatic heterocycles. The molecule has 1 aromatic heterocycles. The first-order chi connectivity index (χ1) is 17.0. The molecule has 1 atom stereocenters. The van der Waals surface area contributed by atoms with Crippen LogP contribution in [0.2, 0.25) is 0 Å². The lowest BCUT2D eigenvalue weighted by Crippen LogP contribution is -2.35. The minimum Gasteiger partial charge on any atom is -0.457 e. The predicted molar refractivity (Wildman–Crippen MR) is 135 cm³/mol. The monoisotopic (exact) mass is 484 g/mol. The van der Waals surface area contributed by atoms with Crippen molar-refractivity contribution in [1.82, 2.24) is 5.01 Å². The fourth-order valence-corrected chi connectivity index (χ4v) is 4.84. The fourth-order valence-electron chi connectivity index (χ4n) is 3.74. The Balaban J connectivity index is 1.35. The van der Waals surface area contributed by atoms with Gasteiger partial charge in [0.15, 0.2) is 5.84 Å². The molecule has 174 valence electrons. The second-order valence-electron chi connectivity index (χ2n) is 7.77. The summed E-state index contributed by atoms with van der Waals surface area (Å²) in [5.41, 5.74) is 1.91. The molecule has 0 saturated carbocycles. The number of nitrogens with zero attached hydrogens (tertiary/aromatic N) is 3. The molecule has 0 fully saturated rings. The number of aliphatic imine (C=N–C) groups is 1. The zero-order valence-corrected chi connectivity index (χ0v) is 19.5. The van der Waals surface area contributed by atoms with Gasteiger partial charge in [0.25, 0.3) is 5.91 Å². The number of hydrazone groups is 1. The Morgan fingerprint density at radius 2 is 1.91 bits per heavy atom. The molecule has 0 radical (unpaired) electrons. The molecule has 0 unspecified atom stereocenters. The summed E-state index contributed by atoms with van der Waals surface area (Å²) in [4.78, 5) is 28.9. The second kappa shape index (κ2) is 9.55. The molecule has 1 N–H and O–H groups in total. The number of thioether (sulfide) groups is 1. The van der Waals surface area contributed by atoms with E-state index in [9.17, 15) is 9.59 Å². The van der Waals surface area contributed by atoms with Crippen LogP contribution in [0.15, 0.2) is 93.1 Å². The van der Waals surface area contributed by atoms with Gasteiger partial charge in [0.05, 0.1) is 11.8 Å². The van der Waals surface area contributed by atoms with Crippen molar-refractivity contribution in [3.8, 4) is 5.75 Å². The van der Waals surface area contributed by atoms with E-state index in [2.05, 4.69) is 17.0 Å². The first-order valence-corrected chi connectivity index (χ1v) is 11.8. The number of rotatable bonds is 6. The van der Waals surface area contributed by atoms with Gasteiger partial charge in [-0.05, 0) is 59.7 Å². The number of fused-ring (bicyclic) bond motifs is 1. The van der Waals surface area contributed by atoms with Crippen molar-refractivity contribution in [3.05, 3.63) is 95.5 Å². The highest BCUT2D eigenvalue weighted by atomic mass is 32.2. The molecule has 8 nitrogen and oxygen atoms in total. The lowest BCUT2D eigenvalue weighted by atomic mass is 9.98. The molecule has 9 heteroatoms. The summed E-state index contributed by atoms with van der Waals surface area (Å²) >= 11 is 1.33. The number of nitrogens with one attached hydrogen (secondary N) is 1. The average Bonchev–Trinajstić information content (AvgIpc) is 3.55. The summed E-state index contributed by atoms with van der Waals surface area (Å²) < 4.78 is 10.3. The standard InChI is InChI=1S/C26H20N4O4S/c1-2-19(17-7-4-3-5-8-17)24-29-30-22(27)20(23(31)28-26(30)35-24)15-16-10-12-18(13-11-16)34-25(32)21-9-6-14-33-21/h3-15,19,27H,2H2,1H3/b20-15-,27-22?/t19-/m1/s1. The zero-order valence-electron chi connectivity index (χ0n) is 18.7. The van der Waals surface area contributed by atoms with E-state index in [0.717, 1.165) is 17.0 Å². The van der Waals surface area contributed by atoms with Gasteiger partial charge in [-0.1, -0.05) is 49.4 Å². The molecule has 35 heavy (non-hydrogen) atoms. The Bertz CT molecular complexity index is 1380. The van der Waals surface area contributed by atoms with Crippen LogP contribution in [0.5, 0.6) is 5.75 Å². The Morgan fingerprint density at radius 1 is 1.14 bits per heavy atom.